The van der Waals surface area contributed by atoms with Gasteiger partial charge in [-0.15, -0.1) is 0 Å². The molecule has 6 nitrogen and oxygen atoms in total. The van der Waals surface area contributed by atoms with Gasteiger partial charge in [0.1, 0.15) is 16.7 Å². The SMILES string of the molecule is COCCNc1oc2c(c1-c1cccc(OC)c1)c(=O)oc1c(C)cccc12. The number of anilines is 1. The lowest BCUT2D eigenvalue weighted by molar-refractivity contribution is 0.210. The van der Waals surface area contributed by atoms with Crippen LogP contribution in [0.5, 0.6) is 5.75 Å². The minimum Gasteiger partial charge on any atom is -0.497 e. The molecule has 0 saturated heterocycles. The molecule has 0 saturated carbocycles. The second-order valence-electron chi connectivity index (χ2n) is 6.50. The van der Waals surface area contributed by atoms with Crippen LogP contribution in [0.1, 0.15) is 5.56 Å². The number of benzene rings is 2. The summed E-state index contributed by atoms with van der Waals surface area (Å²) >= 11 is 0. The fraction of sp³-hybridized carbons (Fsp3) is 0.227. The van der Waals surface area contributed by atoms with Gasteiger partial charge in [0.15, 0.2) is 5.58 Å². The first-order chi connectivity index (χ1) is 13.6. The van der Waals surface area contributed by atoms with E-state index in [4.69, 9.17) is 18.3 Å². The van der Waals surface area contributed by atoms with Gasteiger partial charge in [0, 0.05) is 13.7 Å². The van der Waals surface area contributed by atoms with Crippen LogP contribution in [0.25, 0.3) is 33.1 Å². The molecule has 0 aliphatic heterocycles. The predicted molar refractivity (Wildman–Crippen MR) is 109 cm³/mol. The molecule has 2 aromatic carbocycles. The lowest BCUT2D eigenvalue weighted by Gasteiger charge is -2.07. The van der Waals surface area contributed by atoms with Crippen molar-refractivity contribution in [3.05, 3.63) is 58.4 Å². The highest BCUT2D eigenvalue weighted by Gasteiger charge is 2.23. The molecule has 0 aliphatic rings. The molecule has 2 aromatic heterocycles. The number of furan rings is 1. The average molecular weight is 379 g/mol. The van der Waals surface area contributed by atoms with E-state index in [2.05, 4.69) is 5.32 Å². The smallest absolute Gasteiger partial charge is 0.348 e. The molecule has 0 unspecified atom stereocenters. The predicted octanol–water partition coefficient (Wildman–Crippen LogP) is 4.58. The highest BCUT2D eigenvalue weighted by molar-refractivity contribution is 6.10. The molecular weight excluding hydrogens is 358 g/mol. The van der Waals surface area contributed by atoms with Crippen molar-refractivity contribution in [2.24, 2.45) is 0 Å². The van der Waals surface area contributed by atoms with Crippen LogP contribution in [0, 0.1) is 6.92 Å². The molecule has 0 fully saturated rings. The Morgan fingerprint density at radius 1 is 1.04 bits per heavy atom. The van der Waals surface area contributed by atoms with Crippen molar-refractivity contribution in [3.8, 4) is 16.9 Å². The van der Waals surface area contributed by atoms with Crippen molar-refractivity contribution in [3.63, 3.8) is 0 Å². The number of hydrogen-bond donors (Lipinski definition) is 1. The first-order valence-corrected chi connectivity index (χ1v) is 9.00. The molecule has 0 radical (unpaired) electrons. The zero-order chi connectivity index (χ0) is 19.7. The Hall–Kier alpha value is -3.25. The maximum absolute atomic E-state index is 12.9. The van der Waals surface area contributed by atoms with Crippen LogP contribution < -0.4 is 15.7 Å². The number of aryl methyl sites for hydroxylation is 1. The third-order valence-corrected chi connectivity index (χ3v) is 4.71. The van der Waals surface area contributed by atoms with Gasteiger partial charge in [-0.05, 0) is 36.2 Å². The molecule has 0 amide bonds. The molecule has 0 spiro atoms. The number of hydrogen-bond acceptors (Lipinski definition) is 6. The summed E-state index contributed by atoms with van der Waals surface area (Å²) in [5.74, 6) is 1.19. The topological polar surface area (TPSA) is 73.8 Å². The van der Waals surface area contributed by atoms with E-state index in [0.717, 1.165) is 16.5 Å². The van der Waals surface area contributed by atoms with Gasteiger partial charge in [-0.1, -0.05) is 24.3 Å². The molecule has 0 bridgehead atoms. The van der Waals surface area contributed by atoms with E-state index in [0.29, 0.717) is 46.9 Å². The van der Waals surface area contributed by atoms with Gasteiger partial charge in [-0.3, -0.25) is 0 Å². The van der Waals surface area contributed by atoms with Crippen molar-refractivity contribution >= 4 is 27.8 Å². The molecule has 6 heteroatoms. The highest BCUT2D eigenvalue weighted by Crippen LogP contribution is 2.40. The maximum atomic E-state index is 12.9. The Morgan fingerprint density at radius 3 is 2.64 bits per heavy atom. The van der Waals surface area contributed by atoms with E-state index < -0.39 is 5.63 Å². The minimum absolute atomic E-state index is 0.409. The van der Waals surface area contributed by atoms with Gasteiger partial charge in [-0.2, -0.15) is 0 Å². The average Bonchev–Trinajstić information content (AvgIpc) is 3.09. The van der Waals surface area contributed by atoms with Crippen LogP contribution in [0.3, 0.4) is 0 Å². The van der Waals surface area contributed by atoms with Crippen LogP contribution >= 0.6 is 0 Å². The number of nitrogens with one attached hydrogen (secondary N) is 1. The van der Waals surface area contributed by atoms with E-state index in [1.807, 2.05) is 49.4 Å². The first-order valence-electron chi connectivity index (χ1n) is 9.00. The highest BCUT2D eigenvalue weighted by atomic mass is 16.5. The summed E-state index contributed by atoms with van der Waals surface area (Å²) in [6, 6.07) is 13.2. The Bertz CT molecular complexity index is 1200. The third kappa shape index (κ3) is 3.01. The Morgan fingerprint density at radius 2 is 1.86 bits per heavy atom. The van der Waals surface area contributed by atoms with Crippen molar-refractivity contribution in [1.82, 2.24) is 0 Å². The zero-order valence-electron chi connectivity index (χ0n) is 16.0. The molecule has 144 valence electrons. The molecule has 1 N–H and O–H groups in total. The quantitative estimate of drug-likeness (QED) is 0.390. The largest absolute Gasteiger partial charge is 0.497 e. The zero-order valence-corrected chi connectivity index (χ0v) is 16.0. The van der Waals surface area contributed by atoms with Gasteiger partial charge in [0.2, 0.25) is 5.88 Å². The number of ether oxygens (including phenoxy) is 2. The van der Waals surface area contributed by atoms with Crippen LogP contribution in [0.2, 0.25) is 0 Å². The fourth-order valence-electron chi connectivity index (χ4n) is 3.37. The van der Waals surface area contributed by atoms with Crippen LogP contribution in [0.15, 0.2) is 56.1 Å². The van der Waals surface area contributed by atoms with Crippen molar-refractivity contribution in [2.45, 2.75) is 6.92 Å². The fourth-order valence-corrected chi connectivity index (χ4v) is 3.37. The van der Waals surface area contributed by atoms with E-state index in [-0.39, 0.29) is 0 Å². The van der Waals surface area contributed by atoms with Crippen LogP contribution in [0.4, 0.5) is 5.88 Å². The van der Waals surface area contributed by atoms with Crippen LogP contribution in [-0.2, 0) is 4.74 Å². The molecular formula is C22H21NO5. The summed E-state index contributed by atoms with van der Waals surface area (Å²) in [5.41, 5.74) is 2.95. The minimum atomic E-state index is -0.432. The Kier molecular flexibility index (Phi) is 4.79. The van der Waals surface area contributed by atoms with Gasteiger partial charge in [0.25, 0.3) is 0 Å². The summed E-state index contributed by atoms with van der Waals surface area (Å²) in [6.45, 7) is 2.94. The molecule has 4 rings (SSSR count). The number of rotatable bonds is 6. The monoisotopic (exact) mass is 379 g/mol. The van der Waals surface area contributed by atoms with Crippen molar-refractivity contribution in [2.75, 3.05) is 32.7 Å². The normalized spacial score (nSPS) is 11.2. The Balaban J connectivity index is 2.04. The molecule has 0 aliphatic carbocycles. The molecule has 28 heavy (non-hydrogen) atoms. The van der Waals surface area contributed by atoms with Gasteiger partial charge < -0.3 is 23.6 Å². The summed E-state index contributed by atoms with van der Waals surface area (Å²) in [6.07, 6.45) is 0. The van der Waals surface area contributed by atoms with Gasteiger partial charge in [-0.25, -0.2) is 4.79 Å². The number of methoxy groups -OCH3 is 2. The molecule has 2 heterocycles. The van der Waals surface area contributed by atoms with Gasteiger partial charge >= 0.3 is 5.63 Å². The summed E-state index contributed by atoms with van der Waals surface area (Å²) in [4.78, 5) is 12.9. The lowest BCUT2D eigenvalue weighted by Crippen LogP contribution is -2.08. The molecule has 4 aromatic rings. The number of fused-ring (bicyclic) bond motifs is 3. The summed E-state index contributed by atoms with van der Waals surface area (Å²) in [5, 5.41) is 4.40. The first kappa shape index (κ1) is 18.1. The van der Waals surface area contributed by atoms with Gasteiger partial charge in [0.05, 0.1) is 24.7 Å². The van der Waals surface area contributed by atoms with E-state index >= 15 is 0 Å². The van der Waals surface area contributed by atoms with Crippen LogP contribution in [-0.4, -0.2) is 27.4 Å². The second-order valence-corrected chi connectivity index (χ2v) is 6.50. The lowest BCUT2D eigenvalue weighted by atomic mass is 10.0. The van der Waals surface area contributed by atoms with Crippen molar-refractivity contribution < 1.29 is 18.3 Å². The van der Waals surface area contributed by atoms with Crippen molar-refractivity contribution in [1.29, 1.82) is 0 Å². The maximum Gasteiger partial charge on any atom is 0.348 e. The number of para-hydroxylation sites is 1. The molecule has 0 atom stereocenters. The van der Waals surface area contributed by atoms with E-state index in [9.17, 15) is 4.79 Å². The van der Waals surface area contributed by atoms with E-state index in [1.54, 1.807) is 14.2 Å². The second kappa shape index (κ2) is 7.40. The standard InChI is InChI=1S/C22H21NO5/c1-13-6-4-9-16-19(13)28-22(24)18-17(14-7-5-8-15(12-14)26-3)21(27-20(16)18)23-10-11-25-2/h4-9,12,23H,10-11H2,1-3H3. The summed E-state index contributed by atoms with van der Waals surface area (Å²) in [7, 11) is 3.24. The Labute approximate surface area is 161 Å². The third-order valence-electron chi connectivity index (χ3n) is 4.71. The van der Waals surface area contributed by atoms with E-state index in [1.165, 1.54) is 0 Å². The summed E-state index contributed by atoms with van der Waals surface area (Å²) < 4.78 is 22.3.